The number of fused-ring (bicyclic) bond motifs is 2. The number of hydrogen-bond acceptors (Lipinski definition) is 2. The summed E-state index contributed by atoms with van der Waals surface area (Å²) in [5, 5.41) is 0. The molecule has 0 aromatic rings. The molecule has 4 heteroatoms. The molecule has 20 heavy (non-hydrogen) atoms. The summed E-state index contributed by atoms with van der Waals surface area (Å²) in [6.07, 6.45) is 8.82. The summed E-state index contributed by atoms with van der Waals surface area (Å²) in [7, 11) is 0. The highest BCUT2D eigenvalue weighted by molar-refractivity contribution is 5.87. The molecule has 0 aliphatic heterocycles. The average molecular weight is 276 g/mol. The zero-order valence-electron chi connectivity index (χ0n) is 11.9. The van der Waals surface area contributed by atoms with Gasteiger partial charge < -0.3 is 11.5 Å². The van der Waals surface area contributed by atoms with Crippen LogP contribution in [0.15, 0.2) is 11.1 Å². The van der Waals surface area contributed by atoms with E-state index in [0.717, 1.165) is 38.5 Å². The largest absolute Gasteiger partial charge is 0.369 e. The zero-order valence-corrected chi connectivity index (χ0v) is 11.9. The summed E-state index contributed by atoms with van der Waals surface area (Å²) in [5.74, 6) is -1.03. The highest BCUT2D eigenvalue weighted by atomic mass is 16.2. The van der Waals surface area contributed by atoms with Gasteiger partial charge in [-0.1, -0.05) is 24.0 Å². The number of amides is 2. The number of primary amides is 2. The Labute approximate surface area is 120 Å². The topological polar surface area (TPSA) is 86.2 Å². The fourth-order valence-corrected chi connectivity index (χ4v) is 4.92. The van der Waals surface area contributed by atoms with Crippen molar-refractivity contribution in [3.8, 4) is 0 Å². The summed E-state index contributed by atoms with van der Waals surface area (Å²) >= 11 is 0. The van der Waals surface area contributed by atoms with E-state index in [-0.39, 0.29) is 35.5 Å². The number of nitrogens with two attached hydrogens (primary N) is 2. The predicted octanol–water partition coefficient (Wildman–Crippen LogP) is 1.88. The first-order chi connectivity index (χ1) is 9.61. The van der Waals surface area contributed by atoms with E-state index in [1.807, 2.05) is 0 Å². The van der Waals surface area contributed by atoms with Crippen LogP contribution in [0, 0.1) is 23.7 Å². The molecule has 0 unspecified atom stereocenters. The predicted molar refractivity (Wildman–Crippen MR) is 76.3 cm³/mol. The molecule has 2 saturated carbocycles. The molecule has 0 aromatic carbocycles. The second-order valence-electron chi connectivity index (χ2n) is 6.61. The van der Waals surface area contributed by atoms with Crippen molar-refractivity contribution in [3.63, 3.8) is 0 Å². The van der Waals surface area contributed by atoms with Crippen molar-refractivity contribution >= 4 is 11.8 Å². The van der Waals surface area contributed by atoms with Crippen molar-refractivity contribution < 1.29 is 9.59 Å². The smallest absolute Gasteiger partial charge is 0.221 e. The third-order valence-corrected chi connectivity index (χ3v) is 5.64. The van der Waals surface area contributed by atoms with Crippen LogP contribution in [-0.2, 0) is 9.59 Å². The molecule has 4 N–H and O–H groups in total. The molecule has 2 amide bonds. The third-order valence-electron chi connectivity index (χ3n) is 5.64. The first kappa shape index (κ1) is 13.7. The van der Waals surface area contributed by atoms with E-state index in [1.165, 1.54) is 24.0 Å². The van der Waals surface area contributed by atoms with E-state index in [4.69, 9.17) is 11.5 Å². The van der Waals surface area contributed by atoms with Crippen LogP contribution in [0.1, 0.15) is 51.4 Å². The van der Waals surface area contributed by atoms with Crippen LogP contribution in [0.4, 0.5) is 0 Å². The van der Waals surface area contributed by atoms with Crippen LogP contribution < -0.4 is 11.5 Å². The molecule has 3 rings (SSSR count). The van der Waals surface area contributed by atoms with Gasteiger partial charge in [0.2, 0.25) is 11.8 Å². The van der Waals surface area contributed by atoms with Gasteiger partial charge in [0.15, 0.2) is 0 Å². The summed E-state index contributed by atoms with van der Waals surface area (Å²) in [6.45, 7) is 0. The Balaban J connectivity index is 2.09. The molecule has 4 nitrogen and oxygen atoms in total. The minimum absolute atomic E-state index is 0.183. The highest BCUT2D eigenvalue weighted by Crippen LogP contribution is 2.52. The third kappa shape index (κ3) is 2.05. The van der Waals surface area contributed by atoms with Gasteiger partial charge in [-0.25, -0.2) is 0 Å². The lowest BCUT2D eigenvalue weighted by Gasteiger charge is -2.47. The molecular weight excluding hydrogens is 252 g/mol. The Morgan fingerprint density at radius 1 is 0.750 bits per heavy atom. The zero-order chi connectivity index (χ0) is 14.3. The Morgan fingerprint density at radius 2 is 1.15 bits per heavy atom. The van der Waals surface area contributed by atoms with Crippen molar-refractivity contribution in [2.45, 2.75) is 51.4 Å². The molecule has 4 atom stereocenters. The maximum atomic E-state index is 12.0. The maximum Gasteiger partial charge on any atom is 0.221 e. The molecule has 0 heterocycles. The summed E-state index contributed by atoms with van der Waals surface area (Å²) in [5.41, 5.74) is 14.2. The Hall–Kier alpha value is -1.32. The molecule has 3 aliphatic rings. The lowest BCUT2D eigenvalue weighted by molar-refractivity contribution is -0.136. The lowest BCUT2D eigenvalue weighted by atomic mass is 9.57. The molecule has 3 aliphatic carbocycles. The van der Waals surface area contributed by atoms with Gasteiger partial charge in [0.1, 0.15) is 0 Å². The van der Waals surface area contributed by atoms with Gasteiger partial charge >= 0.3 is 0 Å². The number of rotatable bonds is 2. The van der Waals surface area contributed by atoms with Crippen molar-refractivity contribution in [3.05, 3.63) is 11.1 Å². The van der Waals surface area contributed by atoms with Crippen molar-refractivity contribution in [2.24, 2.45) is 35.1 Å². The first-order valence-electron chi connectivity index (χ1n) is 7.91. The van der Waals surface area contributed by atoms with E-state index in [9.17, 15) is 9.59 Å². The van der Waals surface area contributed by atoms with Gasteiger partial charge in [0.25, 0.3) is 0 Å². The molecule has 2 fully saturated rings. The molecule has 0 aromatic heterocycles. The van der Waals surface area contributed by atoms with Crippen LogP contribution in [0.2, 0.25) is 0 Å². The van der Waals surface area contributed by atoms with Crippen LogP contribution in [0.25, 0.3) is 0 Å². The molecule has 110 valence electrons. The normalized spacial score (nSPS) is 37.0. The number of hydrogen-bond donors (Lipinski definition) is 2. The minimum atomic E-state index is -0.366. The van der Waals surface area contributed by atoms with E-state index < -0.39 is 0 Å². The van der Waals surface area contributed by atoms with Crippen molar-refractivity contribution in [1.29, 1.82) is 0 Å². The minimum Gasteiger partial charge on any atom is -0.369 e. The Bertz CT molecular complexity index is 427. The second kappa shape index (κ2) is 5.23. The van der Waals surface area contributed by atoms with Gasteiger partial charge in [-0.3, -0.25) is 9.59 Å². The monoisotopic (exact) mass is 276 g/mol. The van der Waals surface area contributed by atoms with Gasteiger partial charge in [-0.05, 0) is 50.4 Å². The van der Waals surface area contributed by atoms with Crippen LogP contribution in [0.5, 0.6) is 0 Å². The van der Waals surface area contributed by atoms with Gasteiger partial charge in [0, 0.05) is 0 Å². The standard InChI is InChI=1S/C16H24N2O2/c17-15(19)13-11-7-3-1-5-9(11)10-6-2-4-8-12(10)14(13)16(18)20/h11-14H,1-8H2,(H2,17,19)(H2,18,20)/t11-,12+,13-,14+. The van der Waals surface area contributed by atoms with E-state index in [1.54, 1.807) is 0 Å². The maximum absolute atomic E-state index is 12.0. The second-order valence-corrected chi connectivity index (χ2v) is 6.61. The molecule has 0 radical (unpaired) electrons. The quantitative estimate of drug-likeness (QED) is 0.754. The Morgan fingerprint density at radius 3 is 1.50 bits per heavy atom. The summed E-state index contributed by atoms with van der Waals surface area (Å²) in [6, 6.07) is 0. The summed E-state index contributed by atoms with van der Waals surface area (Å²) < 4.78 is 0. The number of allylic oxidation sites excluding steroid dienone is 2. The van der Waals surface area contributed by atoms with E-state index >= 15 is 0 Å². The first-order valence-corrected chi connectivity index (χ1v) is 7.91. The van der Waals surface area contributed by atoms with Crippen LogP contribution in [-0.4, -0.2) is 11.8 Å². The molecule has 0 saturated heterocycles. The molecule has 0 spiro atoms. The van der Waals surface area contributed by atoms with E-state index in [0.29, 0.717) is 0 Å². The van der Waals surface area contributed by atoms with Gasteiger partial charge in [0.05, 0.1) is 11.8 Å². The molecular formula is C16H24N2O2. The lowest BCUT2D eigenvalue weighted by Crippen LogP contribution is -2.50. The average Bonchev–Trinajstić information content (AvgIpc) is 2.45. The fraction of sp³-hybridized carbons (Fsp3) is 0.750. The number of carbonyl (C=O) groups is 2. The molecule has 0 bridgehead atoms. The van der Waals surface area contributed by atoms with Crippen LogP contribution >= 0.6 is 0 Å². The Kier molecular flexibility index (Phi) is 3.57. The van der Waals surface area contributed by atoms with Crippen LogP contribution in [0.3, 0.4) is 0 Å². The summed E-state index contributed by atoms with van der Waals surface area (Å²) in [4.78, 5) is 24.0. The SMILES string of the molecule is NC(=O)[C@@H]1[C@H](C(N)=O)[C@@H]2CCCCC2=C2CCCC[C@@H]21. The van der Waals surface area contributed by atoms with E-state index in [2.05, 4.69) is 0 Å². The fourth-order valence-electron chi connectivity index (χ4n) is 4.92. The van der Waals surface area contributed by atoms with Gasteiger partial charge in [-0.2, -0.15) is 0 Å². The highest BCUT2D eigenvalue weighted by Gasteiger charge is 2.49. The van der Waals surface area contributed by atoms with Crippen molar-refractivity contribution in [2.75, 3.05) is 0 Å². The van der Waals surface area contributed by atoms with Gasteiger partial charge in [-0.15, -0.1) is 0 Å². The van der Waals surface area contributed by atoms with Crippen molar-refractivity contribution in [1.82, 2.24) is 0 Å². The number of carbonyl (C=O) groups excluding carboxylic acids is 2.